The summed E-state index contributed by atoms with van der Waals surface area (Å²) in [4.78, 5) is 2.40. The molecule has 2 N–H and O–H groups in total. The third-order valence-electron chi connectivity index (χ3n) is 3.51. The van der Waals surface area contributed by atoms with Crippen LogP contribution in [0.5, 0.6) is 0 Å². The Balaban J connectivity index is 1.89. The van der Waals surface area contributed by atoms with Crippen LogP contribution < -0.4 is 10.6 Å². The summed E-state index contributed by atoms with van der Waals surface area (Å²) in [6.07, 6.45) is 6.26. The SMILES string of the molecule is Cn1cc(CN2CCCc3c(N)cccc32)cn1. The Morgan fingerprint density at radius 1 is 1.39 bits per heavy atom. The van der Waals surface area contributed by atoms with Crippen molar-refractivity contribution in [3.63, 3.8) is 0 Å². The number of nitrogen functional groups attached to an aromatic ring is 1. The van der Waals surface area contributed by atoms with Crippen molar-refractivity contribution in [3.05, 3.63) is 41.7 Å². The number of fused-ring (bicyclic) bond motifs is 1. The fraction of sp³-hybridized carbons (Fsp3) is 0.357. The number of hydrogen-bond acceptors (Lipinski definition) is 3. The summed E-state index contributed by atoms with van der Waals surface area (Å²) in [6.45, 7) is 2.00. The molecule has 0 spiro atoms. The molecule has 1 aliphatic rings. The molecule has 0 atom stereocenters. The van der Waals surface area contributed by atoms with E-state index in [9.17, 15) is 0 Å². The van der Waals surface area contributed by atoms with Crippen LogP contribution in [0.15, 0.2) is 30.6 Å². The average molecular weight is 242 g/mol. The van der Waals surface area contributed by atoms with Gasteiger partial charge in [0.25, 0.3) is 0 Å². The lowest BCUT2D eigenvalue weighted by Gasteiger charge is -2.31. The van der Waals surface area contributed by atoms with Crippen LogP contribution in [0.3, 0.4) is 0 Å². The van der Waals surface area contributed by atoms with Gasteiger partial charge in [0.1, 0.15) is 0 Å². The summed E-state index contributed by atoms with van der Waals surface area (Å²) >= 11 is 0. The summed E-state index contributed by atoms with van der Waals surface area (Å²) in [5, 5.41) is 4.22. The van der Waals surface area contributed by atoms with Crippen LogP contribution in [0.2, 0.25) is 0 Å². The van der Waals surface area contributed by atoms with Crippen LogP contribution >= 0.6 is 0 Å². The van der Waals surface area contributed by atoms with Crippen LogP contribution in [-0.4, -0.2) is 16.3 Å². The molecule has 0 saturated carbocycles. The largest absolute Gasteiger partial charge is 0.398 e. The predicted octanol–water partition coefficient (Wildman–Crippen LogP) is 1.96. The molecule has 1 aromatic carbocycles. The molecule has 4 heteroatoms. The van der Waals surface area contributed by atoms with Gasteiger partial charge in [0.15, 0.2) is 0 Å². The zero-order chi connectivity index (χ0) is 12.5. The summed E-state index contributed by atoms with van der Waals surface area (Å²) < 4.78 is 1.85. The minimum Gasteiger partial charge on any atom is -0.398 e. The van der Waals surface area contributed by atoms with Crippen LogP contribution in [0.4, 0.5) is 11.4 Å². The number of anilines is 2. The molecule has 0 aliphatic carbocycles. The quantitative estimate of drug-likeness (QED) is 0.819. The molecule has 2 aromatic rings. The highest BCUT2D eigenvalue weighted by Gasteiger charge is 2.18. The third kappa shape index (κ3) is 1.94. The van der Waals surface area contributed by atoms with Gasteiger partial charge < -0.3 is 10.6 Å². The Bertz CT molecular complexity index is 559. The van der Waals surface area contributed by atoms with Gasteiger partial charge in [-0.15, -0.1) is 0 Å². The van der Waals surface area contributed by atoms with Crippen molar-refractivity contribution in [2.75, 3.05) is 17.2 Å². The van der Waals surface area contributed by atoms with Gasteiger partial charge >= 0.3 is 0 Å². The Hall–Kier alpha value is -1.97. The topological polar surface area (TPSA) is 47.1 Å². The first kappa shape index (κ1) is 11.1. The number of hydrogen-bond donors (Lipinski definition) is 1. The molecule has 0 saturated heterocycles. The maximum Gasteiger partial charge on any atom is 0.0539 e. The maximum atomic E-state index is 6.06. The normalized spacial score (nSPS) is 14.6. The lowest BCUT2D eigenvalue weighted by molar-refractivity contribution is 0.691. The first-order valence-corrected chi connectivity index (χ1v) is 6.34. The first-order chi connectivity index (χ1) is 8.74. The average Bonchev–Trinajstić information content (AvgIpc) is 2.76. The highest BCUT2D eigenvalue weighted by Crippen LogP contribution is 2.32. The van der Waals surface area contributed by atoms with Gasteiger partial charge in [0.2, 0.25) is 0 Å². The minimum absolute atomic E-state index is 0.907. The van der Waals surface area contributed by atoms with Crippen LogP contribution in [0.25, 0.3) is 0 Å². The van der Waals surface area contributed by atoms with Crippen molar-refractivity contribution < 1.29 is 0 Å². The summed E-state index contributed by atoms with van der Waals surface area (Å²) in [5.41, 5.74) is 10.8. The fourth-order valence-electron chi connectivity index (χ4n) is 2.67. The molecule has 0 unspecified atom stereocenters. The summed E-state index contributed by atoms with van der Waals surface area (Å²) in [6, 6.07) is 6.20. The minimum atomic E-state index is 0.907. The van der Waals surface area contributed by atoms with Crippen LogP contribution in [0, 0.1) is 0 Å². The van der Waals surface area contributed by atoms with E-state index < -0.39 is 0 Å². The second kappa shape index (κ2) is 4.37. The second-order valence-corrected chi connectivity index (χ2v) is 4.89. The van der Waals surface area contributed by atoms with Crippen LogP contribution in [0.1, 0.15) is 17.5 Å². The van der Waals surface area contributed by atoms with E-state index >= 15 is 0 Å². The molecule has 0 fully saturated rings. The first-order valence-electron chi connectivity index (χ1n) is 6.34. The molecule has 4 nitrogen and oxygen atoms in total. The lowest BCUT2D eigenvalue weighted by atomic mass is 9.99. The Morgan fingerprint density at radius 3 is 3.06 bits per heavy atom. The molecule has 1 aliphatic heterocycles. The van der Waals surface area contributed by atoms with E-state index in [4.69, 9.17) is 5.73 Å². The van der Waals surface area contributed by atoms with Crippen molar-refractivity contribution in [1.29, 1.82) is 0 Å². The highest BCUT2D eigenvalue weighted by atomic mass is 15.2. The number of rotatable bonds is 2. The van der Waals surface area contributed by atoms with Crippen molar-refractivity contribution in [1.82, 2.24) is 9.78 Å². The molecule has 0 bridgehead atoms. The third-order valence-corrected chi connectivity index (χ3v) is 3.51. The highest BCUT2D eigenvalue weighted by molar-refractivity contribution is 5.66. The fourth-order valence-corrected chi connectivity index (χ4v) is 2.67. The van der Waals surface area contributed by atoms with Gasteiger partial charge in [-0.25, -0.2) is 0 Å². The van der Waals surface area contributed by atoms with Gasteiger partial charge in [0.05, 0.1) is 6.20 Å². The summed E-state index contributed by atoms with van der Waals surface area (Å²) in [7, 11) is 1.95. The zero-order valence-corrected chi connectivity index (χ0v) is 10.6. The van der Waals surface area contributed by atoms with E-state index in [0.29, 0.717) is 0 Å². The zero-order valence-electron chi connectivity index (χ0n) is 10.6. The molecule has 18 heavy (non-hydrogen) atoms. The van der Waals surface area contributed by atoms with E-state index in [0.717, 1.165) is 25.2 Å². The van der Waals surface area contributed by atoms with Crippen molar-refractivity contribution in [3.8, 4) is 0 Å². The molecule has 2 heterocycles. The number of benzene rings is 1. The van der Waals surface area contributed by atoms with Gasteiger partial charge in [0, 0.05) is 43.3 Å². The maximum absolute atomic E-state index is 6.06. The van der Waals surface area contributed by atoms with Gasteiger partial charge in [-0.2, -0.15) is 5.10 Å². The van der Waals surface area contributed by atoms with Gasteiger partial charge in [-0.3, -0.25) is 4.68 Å². The molecule has 94 valence electrons. The standard InChI is InChI=1S/C14H18N4/c1-17-9-11(8-16-17)10-18-7-3-4-12-13(15)5-2-6-14(12)18/h2,5-6,8-9H,3-4,7,10,15H2,1H3. The van der Waals surface area contributed by atoms with Crippen molar-refractivity contribution in [2.45, 2.75) is 19.4 Å². The Kier molecular flexibility index (Phi) is 2.70. The number of nitrogens with zero attached hydrogens (tertiary/aromatic N) is 3. The van der Waals surface area contributed by atoms with E-state index in [-0.39, 0.29) is 0 Å². The smallest absolute Gasteiger partial charge is 0.0539 e. The van der Waals surface area contributed by atoms with E-state index in [2.05, 4.69) is 22.3 Å². The molecular weight excluding hydrogens is 224 g/mol. The van der Waals surface area contributed by atoms with Crippen molar-refractivity contribution in [2.24, 2.45) is 7.05 Å². The molecule has 3 rings (SSSR count). The monoisotopic (exact) mass is 242 g/mol. The van der Waals surface area contributed by atoms with Gasteiger partial charge in [-0.1, -0.05) is 6.07 Å². The molecule has 0 radical (unpaired) electrons. The van der Waals surface area contributed by atoms with Crippen molar-refractivity contribution >= 4 is 11.4 Å². The van der Waals surface area contributed by atoms with E-state index in [1.165, 1.54) is 23.2 Å². The Morgan fingerprint density at radius 2 is 2.28 bits per heavy atom. The number of nitrogens with two attached hydrogens (primary N) is 1. The number of aryl methyl sites for hydroxylation is 1. The Labute approximate surface area is 107 Å². The predicted molar refractivity (Wildman–Crippen MR) is 73.4 cm³/mol. The second-order valence-electron chi connectivity index (χ2n) is 4.89. The molecule has 1 aromatic heterocycles. The number of aromatic nitrogens is 2. The van der Waals surface area contributed by atoms with E-state index in [1.807, 2.05) is 30.1 Å². The summed E-state index contributed by atoms with van der Waals surface area (Å²) in [5.74, 6) is 0. The molecule has 0 amide bonds. The van der Waals surface area contributed by atoms with Crippen LogP contribution in [-0.2, 0) is 20.0 Å². The lowest BCUT2D eigenvalue weighted by Crippen LogP contribution is -2.29. The van der Waals surface area contributed by atoms with Gasteiger partial charge in [-0.05, 0) is 30.5 Å². The van der Waals surface area contributed by atoms with E-state index in [1.54, 1.807) is 0 Å². The molecular formula is C14H18N4.